The molecule has 0 saturated heterocycles. The lowest BCUT2D eigenvalue weighted by atomic mass is 10.1. The van der Waals surface area contributed by atoms with Gasteiger partial charge in [0.1, 0.15) is 17.5 Å². The maximum Gasteiger partial charge on any atom is 0.418 e. The quantitative estimate of drug-likeness (QED) is 0.298. The number of para-hydroxylation sites is 1. The zero-order chi connectivity index (χ0) is 26.7. The van der Waals surface area contributed by atoms with Crippen LogP contribution in [0.3, 0.4) is 0 Å². The number of nitrogens with one attached hydrogen (secondary N) is 3. The summed E-state index contributed by atoms with van der Waals surface area (Å²) in [7, 11) is -1.95. The normalized spacial score (nSPS) is 11.6. The molecule has 0 radical (unpaired) electrons. The molecule has 0 fully saturated rings. The summed E-state index contributed by atoms with van der Waals surface area (Å²) in [6.45, 7) is 0. The fourth-order valence-corrected chi connectivity index (χ4v) is 3.59. The van der Waals surface area contributed by atoms with Crippen LogP contribution in [0, 0.1) is 5.82 Å². The van der Waals surface area contributed by atoms with E-state index in [9.17, 15) is 30.8 Å². The molecule has 3 rings (SSSR count). The van der Waals surface area contributed by atoms with E-state index in [1.54, 1.807) is 0 Å². The summed E-state index contributed by atoms with van der Waals surface area (Å²) in [5.41, 5.74) is -0.270. The standard InChI is InChI=1S/C21H20F4N6O4S/c1-31(36(3,33)34)19-14(21(23,24)25)5-4-6-15(19)28-16-9-18(27-11-13(16)20(32)30-35-2)29-17-8-7-12(22)10-26-17/h4-11H,1-3H3,(H,30,32)(H2,26,27,28,29). The molecule has 10 nitrogen and oxygen atoms in total. The summed E-state index contributed by atoms with van der Waals surface area (Å²) in [6, 6.07) is 6.79. The topological polar surface area (TPSA) is 126 Å². The predicted molar refractivity (Wildman–Crippen MR) is 124 cm³/mol. The van der Waals surface area contributed by atoms with E-state index < -0.39 is 39.2 Å². The number of alkyl halides is 3. The van der Waals surface area contributed by atoms with E-state index in [0.717, 1.165) is 43.9 Å². The number of halogens is 4. The molecule has 2 aromatic heterocycles. The van der Waals surface area contributed by atoms with Crippen molar-refractivity contribution in [3.8, 4) is 0 Å². The van der Waals surface area contributed by atoms with Gasteiger partial charge in [0.2, 0.25) is 10.0 Å². The molecule has 1 aromatic carbocycles. The van der Waals surface area contributed by atoms with Crippen molar-refractivity contribution >= 4 is 44.6 Å². The van der Waals surface area contributed by atoms with E-state index in [1.807, 2.05) is 0 Å². The third-order valence-electron chi connectivity index (χ3n) is 4.75. The molecule has 0 spiro atoms. The molecule has 0 atom stereocenters. The maximum absolute atomic E-state index is 13.8. The second-order valence-electron chi connectivity index (χ2n) is 7.29. The second kappa shape index (κ2) is 10.3. The molecule has 0 aliphatic carbocycles. The van der Waals surface area contributed by atoms with Crippen molar-refractivity contribution < 1.29 is 35.6 Å². The van der Waals surface area contributed by atoms with Gasteiger partial charge in [-0.05, 0) is 24.3 Å². The van der Waals surface area contributed by atoms with Crippen molar-refractivity contribution in [2.75, 3.05) is 35.4 Å². The van der Waals surface area contributed by atoms with Crippen molar-refractivity contribution in [2.45, 2.75) is 6.18 Å². The number of pyridine rings is 2. The van der Waals surface area contributed by atoms with Crippen LogP contribution in [0.15, 0.2) is 48.8 Å². The van der Waals surface area contributed by atoms with Crippen LogP contribution in [-0.2, 0) is 21.0 Å². The Morgan fingerprint density at radius 2 is 1.72 bits per heavy atom. The number of carbonyl (C=O) groups excluding carboxylic acids is 1. The highest BCUT2D eigenvalue weighted by atomic mass is 32.2. The molecule has 1 amide bonds. The summed E-state index contributed by atoms with van der Waals surface area (Å²) in [4.78, 5) is 25.0. The highest BCUT2D eigenvalue weighted by molar-refractivity contribution is 7.92. The smallest absolute Gasteiger partial charge is 0.353 e. The number of amides is 1. The predicted octanol–water partition coefficient (Wildman–Crippen LogP) is 3.81. The molecule has 0 aliphatic heterocycles. The van der Waals surface area contributed by atoms with Crippen LogP contribution in [-0.4, -0.2) is 44.7 Å². The Bertz CT molecular complexity index is 1370. The molecular formula is C21H20F4N6O4S. The van der Waals surface area contributed by atoms with Crippen LogP contribution in [0.1, 0.15) is 15.9 Å². The Morgan fingerprint density at radius 3 is 2.31 bits per heavy atom. The largest absolute Gasteiger partial charge is 0.418 e. The van der Waals surface area contributed by atoms with E-state index in [4.69, 9.17) is 0 Å². The number of aromatic nitrogens is 2. The Hall–Kier alpha value is -3.98. The first kappa shape index (κ1) is 26.6. The first-order valence-electron chi connectivity index (χ1n) is 9.94. The molecule has 0 saturated carbocycles. The lowest BCUT2D eigenvalue weighted by molar-refractivity contribution is -0.137. The van der Waals surface area contributed by atoms with E-state index in [2.05, 4.69) is 30.9 Å². The maximum atomic E-state index is 13.8. The number of sulfonamides is 1. The molecule has 0 bridgehead atoms. The number of rotatable bonds is 8. The van der Waals surface area contributed by atoms with E-state index in [0.29, 0.717) is 4.31 Å². The average molecular weight is 528 g/mol. The van der Waals surface area contributed by atoms with Gasteiger partial charge in [-0.1, -0.05) is 6.07 Å². The highest BCUT2D eigenvalue weighted by Crippen LogP contribution is 2.42. The summed E-state index contributed by atoms with van der Waals surface area (Å²) in [5.74, 6) is -1.07. The van der Waals surface area contributed by atoms with Gasteiger partial charge < -0.3 is 10.6 Å². The Morgan fingerprint density at radius 1 is 1.03 bits per heavy atom. The van der Waals surface area contributed by atoms with Gasteiger partial charge in [-0.25, -0.2) is 28.3 Å². The molecule has 3 aromatic rings. The van der Waals surface area contributed by atoms with Gasteiger partial charge in [0.05, 0.1) is 47.8 Å². The van der Waals surface area contributed by atoms with E-state index in [-0.39, 0.29) is 28.6 Å². The van der Waals surface area contributed by atoms with Gasteiger partial charge in [-0.3, -0.25) is 13.9 Å². The summed E-state index contributed by atoms with van der Waals surface area (Å²) >= 11 is 0. The van der Waals surface area contributed by atoms with E-state index in [1.165, 1.54) is 25.3 Å². The number of carbonyl (C=O) groups is 1. The molecular weight excluding hydrogens is 508 g/mol. The van der Waals surface area contributed by atoms with Gasteiger partial charge in [0.15, 0.2) is 0 Å². The van der Waals surface area contributed by atoms with Crippen LogP contribution >= 0.6 is 0 Å². The molecule has 36 heavy (non-hydrogen) atoms. The molecule has 0 unspecified atom stereocenters. The number of nitrogens with zero attached hydrogens (tertiary/aromatic N) is 3. The van der Waals surface area contributed by atoms with Crippen molar-refractivity contribution in [1.29, 1.82) is 0 Å². The zero-order valence-electron chi connectivity index (χ0n) is 19.0. The van der Waals surface area contributed by atoms with Gasteiger partial charge >= 0.3 is 6.18 Å². The number of hydroxylamine groups is 1. The monoisotopic (exact) mass is 528 g/mol. The van der Waals surface area contributed by atoms with Crippen molar-refractivity contribution in [3.05, 3.63) is 65.7 Å². The lowest BCUT2D eigenvalue weighted by Gasteiger charge is -2.25. The Balaban J connectivity index is 2.14. The van der Waals surface area contributed by atoms with Gasteiger partial charge in [-0.15, -0.1) is 0 Å². The molecule has 192 valence electrons. The van der Waals surface area contributed by atoms with Crippen molar-refractivity contribution in [2.24, 2.45) is 0 Å². The van der Waals surface area contributed by atoms with Gasteiger partial charge in [0.25, 0.3) is 5.91 Å². The third-order valence-corrected chi connectivity index (χ3v) is 5.93. The summed E-state index contributed by atoms with van der Waals surface area (Å²) < 4.78 is 79.3. The number of hydrogen-bond acceptors (Lipinski definition) is 8. The lowest BCUT2D eigenvalue weighted by Crippen LogP contribution is -2.28. The number of anilines is 5. The minimum absolute atomic E-state index is 0.0494. The average Bonchev–Trinajstić information content (AvgIpc) is 2.79. The molecule has 3 N–H and O–H groups in total. The molecule has 15 heteroatoms. The summed E-state index contributed by atoms with van der Waals surface area (Å²) in [6.07, 6.45) is -2.07. The summed E-state index contributed by atoms with van der Waals surface area (Å²) in [5, 5.41) is 5.47. The number of hydrogen-bond donors (Lipinski definition) is 3. The molecule has 0 aliphatic rings. The fraction of sp³-hybridized carbons (Fsp3) is 0.190. The van der Waals surface area contributed by atoms with Gasteiger partial charge in [0, 0.05) is 19.3 Å². The number of benzene rings is 1. The SMILES string of the molecule is CONC(=O)c1cnc(Nc2ccc(F)cn2)cc1Nc1cccc(C(F)(F)F)c1N(C)S(C)(=O)=O. The van der Waals surface area contributed by atoms with Crippen molar-refractivity contribution in [3.63, 3.8) is 0 Å². The van der Waals surface area contributed by atoms with Crippen LogP contribution in [0.4, 0.5) is 46.3 Å². The first-order chi connectivity index (χ1) is 16.8. The minimum Gasteiger partial charge on any atom is -0.353 e. The third kappa shape index (κ3) is 6.17. The fourth-order valence-electron chi connectivity index (χ4n) is 3.06. The van der Waals surface area contributed by atoms with Crippen LogP contribution in [0.2, 0.25) is 0 Å². The first-order valence-corrected chi connectivity index (χ1v) is 11.8. The van der Waals surface area contributed by atoms with Crippen LogP contribution in [0.25, 0.3) is 0 Å². The minimum atomic E-state index is -4.89. The van der Waals surface area contributed by atoms with Gasteiger partial charge in [-0.2, -0.15) is 13.2 Å². The molecule has 2 heterocycles. The second-order valence-corrected chi connectivity index (χ2v) is 9.31. The Kier molecular flexibility index (Phi) is 7.64. The van der Waals surface area contributed by atoms with E-state index >= 15 is 0 Å². The van der Waals surface area contributed by atoms with Crippen molar-refractivity contribution in [1.82, 2.24) is 15.4 Å². The van der Waals surface area contributed by atoms with Crippen LogP contribution in [0.5, 0.6) is 0 Å². The van der Waals surface area contributed by atoms with Crippen LogP contribution < -0.4 is 20.4 Å². The Labute approximate surface area is 203 Å². The highest BCUT2D eigenvalue weighted by Gasteiger charge is 2.37. The zero-order valence-corrected chi connectivity index (χ0v) is 19.8.